The third kappa shape index (κ3) is 2.47. The lowest BCUT2D eigenvalue weighted by atomic mass is 9.80. The van der Waals surface area contributed by atoms with Crippen LogP contribution in [0.3, 0.4) is 0 Å². The summed E-state index contributed by atoms with van der Waals surface area (Å²) in [6.07, 6.45) is 7.13. The molecule has 1 aliphatic carbocycles. The van der Waals surface area contributed by atoms with Gasteiger partial charge in [-0.25, -0.2) is 14.1 Å². The Bertz CT molecular complexity index is 992. The van der Waals surface area contributed by atoms with Crippen molar-refractivity contribution in [3.8, 4) is 5.69 Å². The van der Waals surface area contributed by atoms with Gasteiger partial charge in [0.15, 0.2) is 0 Å². The molecule has 2 heterocycles. The molecule has 2 aliphatic rings. The first-order chi connectivity index (χ1) is 13.2. The van der Waals surface area contributed by atoms with Gasteiger partial charge in [-0.05, 0) is 49.2 Å². The smallest absolute Gasteiger partial charge is 0.258 e. The Morgan fingerprint density at radius 3 is 2.56 bits per heavy atom. The Morgan fingerprint density at radius 2 is 1.85 bits per heavy atom. The van der Waals surface area contributed by atoms with Crippen LogP contribution in [0.5, 0.6) is 0 Å². The summed E-state index contributed by atoms with van der Waals surface area (Å²) >= 11 is 0. The van der Waals surface area contributed by atoms with Crippen molar-refractivity contribution in [3.63, 3.8) is 0 Å². The Labute approximate surface area is 156 Å². The molecule has 0 unspecified atom stereocenters. The lowest BCUT2D eigenvalue weighted by Gasteiger charge is -2.25. The fraction of sp³-hybridized carbons (Fsp3) is 0.286. The number of carbonyl (C=O) groups excluding carboxylic acids is 1. The number of halogens is 1. The fourth-order valence-electron chi connectivity index (χ4n) is 4.62. The molecule has 1 spiro atoms. The number of benzene rings is 2. The molecule has 0 N–H and O–H groups in total. The van der Waals surface area contributed by atoms with Crippen molar-refractivity contribution in [3.05, 3.63) is 72.1 Å². The summed E-state index contributed by atoms with van der Waals surface area (Å²) in [6, 6.07) is 12.3. The molecule has 136 valence electrons. The van der Waals surface area contributed by atoms with E-state index in [-0.39, 0.29) is 17.1 Å². The van der Waals surface area contributed by atoms with Crippen LogP contribution in [-0.2, 0) is 5.41 Å². The van der Waals surface area contributed by atoms with Gasteiger partial charge in [-0.2, -0.15) is 5.10 Å². The maximum atomic E-state index is 14.7. The molecule has 1 aromatic heterocycles. The number of nitrogens with zero attached hydrogens (tertiary/aromatic N) is 4. The van der Waals surface area contributed by atoms with Crippen LogP contribution < -0.4 is 4.90 Å². The molecule has 2 aromatic carbocycles. The normalized spacial score (nSPS) is 17.4. The summed E-state index contributed by atoms with van der Waals surface area (Å²) in [6.45, 7) is 0.562. The summed E-state index contributed by atoms with van der Waals surface area (Å²) in [7, 11) is 0. The molecule has 1 aliphatic heterocycles. The van der Waals surface area contributed by atoms with Crippen molar-refractivity contribution in [2.45, 2.75) is 31.1 Å². The zero-order valence-corrected chi connectivity index (χ0v) is 14.8. The minimum atomic E-state index is -0.225. The number of carbonyl (C=O) groups is 1. The Morgan fingerprint density at radius 1 is 1.07 bits per heavy atom. The average Bonchev–Trinajstić information content (AvgIpc) is 3.44. The molecule has 1 saturated carbocycles. The van der Waals surface area contributed by atoms with E-state index >= 15 is 0 Å². The lowest BCUT2D eigenvalue weighted by molar-refractivity contribution is 0.0985. The number of aromatic nitrogens is 3. The minimum absolute atomic E-state index is 0.0873. The molecule has 0 radical (unpaired) electrons. The van der Waals surface area contributed by atoms with Crippen molar-refractivity contribution < 1.29 is 9.18 Å². The van der Waals surface area contributed by atoms with Crippen molar-refractivity contribution in [2.24, 2.45) is 0 Å². The predicted octanol–water partition coefficient (Wildman–Crippen LogP) is 3.88. The summed E-state index contributed by atoms with van der Waals surface area (Å²) in [4.78, 5) is 18.9. The number of anilines is 1. The number of hydrogen-bond donors (Lipinski definition) is 0. The molecule has 0 saturated heterocycles. The summed E-state index contributed by atoms with van der Waals surface area (Å²) in [5, 5.41) is 4.09. The van der Waals surface area contributed by atoms with Gasteiger partial charge in [0.25, 0.3) is 5.91 Å². The van der Waals surface area contributed by atoms with Gasteiger partial charge in [0.05, 0.1) is 11.4 Å². The predicted molar refractivity (Wildman–Crippen MR) is 99.6 cm³/mol. The number of amides is 1. The topological polar surface area (TPSA) is 51.0 Å². The number of fused-ring (bicyclic) bond motifs is 2. The lowest BCUT2D eigenvalue weighted by Crippen LogP contribution is -2.35. The van der Waals surface area contributed by atoms with Gasteiger partial charge in [0.2, 0.25) is 0 Å². The van der Waals surface area contributed by atoms with Crippen molar-refractivity contribution in [1.29, 1.82) is 0 Å². The highest BCUT2D eigenvalue weighted by Crippen LogP contribution is 2.51. The monoisotopic (exact) mass is 362 g/mol. The van der Waals surface area contributed by atoms with Crippen LogP contribution in [-0.4, -0.2) is 27.2 Å². The van der Waals surface area contributed by atoms with Crippen molar-refractivity contribution >= 4 is 11.6 Å². The van der Waals surface area contributed by atoms with E-state index in [1.54, 1.807) is 34.1 Å². The van der Waals surface area contributed by atoms with Gasteiger partial charge >= 0.3 is 0 Å². The van der Waals surface area contributed by atoms with E-state index in [4.69, 9.17) is 0 Å². The van der Waals surface area contributed by atoms with Crippen LogP contribution in [0.25, 0.3) is 5.69 Å². The van der Waals surface area contributed by atoms with Gasteiger partial charge in [-0.1, -0.05) is 18.9 Å². The molecule has 1 fully saturated rings. The molecule has 6 heteroatoms. The van der Waals surface area contributed by atoms with E-state index in [0.717, 1.165) is 42.6 Å². The summed E-state index contributed by atoms with van der Waals surface area (Å²) in [5.41, 5.74) is 2.66. The maximum absolute atomic E-state index is 14.7. The average molecular weight is 362 g/mol. The number of hydrogen-bond acceptors (Lipinski definition) is 3. The maximum Gasteiger partial charge on any atom is 0.258 e. The van der Waals surface area contributed by atoms with Gasteiger partial charge in [0, 0.05) is 23.1 Å². The van der Waals surface area contributed by atoms with Gasteiger partial charge < -0.3 is 4.90 Å². The van der Waals surface area contributed by atoms with E-state index < -0.39 is 0 Å². The molecular weight excluding hydrogens is 343 g/mol. The van der Waals surface area contributed by atoms with Crippen LogP contribution in [0, 0.1) is 5.82 Å². The minimum Gasteiger partial charge on any atom is -0.307 e. The Kier molecular flexibility index (Phi) is 3.60. The molecular formula is C21H19FN4O. The first kappa shape index (κ1) is 16.2. The van der Waals surface area contributed by atoms with Crippen molar-refractivity contribution in [2.75, 3.05) is 11.4 Å². The van der Waals surface area contributed by atoms with E-state index in [1.807, 2.05) is 18.2 Å². The molecule has 0 atom stereocenters. The third-order valence-corrected chi connectivity index (χ3v) is 5.88. The van der Waals surface area contributed by atoms with Crippen LogP contribution in [0.1, 0.15) is 41.6 Å². The molecule has 5 nitrogen and oxygen atoms in total. The van der Waals surface area contributed by atoms with Crippen LogP contribution in [0.4, 0.5) is 10.1 Å². The first-order valence-corrected chi connectivity index (χ1v) is 9.24. The third-order valence-electron chi connectivity index (χ3n) is 5.88. The van der Waals surface area contributed by atoms with Gasteiger partial charge in [-0.3, -0.25) is 4.79 Å². The number of rotatable bonds is 2. The Hall–Kier alpha value is -3.02. The first-order valence-electron chi connectivity index (χ1n) is 9.24. The highest BCUT2D eigenvalue weighted by Gasteiger charge is 2.48. The van der Waals surface area contributed by atoms with Gasteiger partial charge in [0.1, 0.15) is 18.5 Å². The van der Waals surface area contributed by atoms with E-state index in [2.05, 4.69) is 10.1 Å². The second-order valence-corrected chi connectivity index (χ2v) is 7.40. The highest BCUT2D eigenvalue weighted by molar-refractivity contribution is 6.07. The Balaban J connectivity index is 1.50. The van der Waals surface area contributed by atoms with Crippen LogP contribution in [0.15, 0.2) is 55.1 Å². The van der Waals surface area contributed by atoms with Crippen LogP contribution in [0.2, 0.25) is 0 Å². The van der Waals surface area contributed by atoms with E-state index in [1.165, 1.54) is 12.4 Å². The highest BCUT2D eigenvalue weighted by atomic mass is 19.1. The zero-order valence-electron chi connectivity index (χ0n) is 14.8. The second kappa shape index (κ2) is 6.01. The van der Waals surface area contributed by atoms with Crippen molar-refractivity contribution in [1.82, 2.24) is 14.8 Å². The molecule has 27 heavy (non-hydrogen) atoms. The largest absolute Gasteiger partial charge is 0.307 e. The molecule has 5 rings (SSSR count). The summed E-state index contributed by atoms with van der Waals surface area (Å²) < 4.78 is 16.3. The van der Waals surface area contributed by atoms with E-state index in [0.29, 0.717) is 12.1 Å². The summed E-state index contributed by atoms with van der Waals surface area (Å²) in [5.74, 6) is -0.276. The molecule has 1 amide bonds. The quantitative estimate of drug-likeness (QED) is 0.695. The zero-order chi connectivity index (χ0) is 18.4. The fourth-order valence-corrected chi connectivity index (χ4v) is 4.62. The standard InChI is InChI=1S/C21H19FN4O/c22-17-4-3-5-18-19(17)21(10-1-2-11-21)12-25(18)20(27)15-6-8-16(9-7-15)26-14-23-13-24-26/h3-9,13-14H,1-2,10-12H2. The van der Waals surface area contributed by atoms with Crippen LogP contribution >= 0.6 is 0 Å². The molecule has 0 bridgehead atoms. The SMILES string of the molecule is O=C(c1ccc(-n2cncn2)cc1)N1CC2(CCCC2)c2c(F)cccc21. The second-order valence-electron chi connectivity index (χ2n) is 7.40. The molecule has 3 aromatic rings. The van der Waals surface area contributed by atoms with E-state index in [9.17, 15) is 9.18 Å². The van der Waals surface area contributed by atoms with Gasteiger partial charge in [-0.15, -0.1) is 0 Å².